The van der Waals surface area contributed by atoms with Crippen molar-refractivity contribution in [2.45, 2.75) is 50.8 Å². The molecule has 0 aliphatic carbocycles. The molecule has 4 rings (SSSR count). The predicted molar refractivity (Wildman–Crippen MR) is 151 cm³/mol. The molecule has 2 aromatic rings. The summed E-state index contributed by atoms with van der Waals surface area (Å²) in [5, 5.41) is 10.8. The molecule has 2 aromatic carbocycles. The highest BCUT2D eigenvalue weighted by atomic mass is 19.4. The van der Waals surface area contributed by atoms with Gasteiger partial charge in [0.05, 0.1) is 7.11 Å². The largest absolute Gasteiger partial charge is 0.497 e. The summed E-state index contributed by atoms with van der Waals surface area (Å²) < 4.78 is 61.3. The van der Waals surface area contributed by atoms with E-state index in [1.54, 1.807) is 19.0 Å². The highest BCUT2D eigenvalue weighted by Crippen LogP contribution is 2.43. The smallest absolute Gasteiger partial charge is 0.430 e. The van der Waals surface area contributed by atoms with Crippen molar-refractivity contribution in [3.63, 3.8) is 0 Å². The number of benzene rings is 2. The number of halogens is 4. The molecule has 1 atom stereocenters. The van der Waals surface area contributed by atoms with Gasteiger partial charge < -0.3 is 24.5 Å². The second-order valence-electron chi connectivity index (χ2n) is 11.7. The van der Waals surface area contributed by atoms with Gasteiger partial charge in [-0.05, 0) is 86.8 Å². The molecule has 2 aliphatic heterocycles. The molecule has 7 nitrogen and oxygen atoms in total. The van der Waals surface area contributed by atoms with Crippen molar-refractivity contribution in [3.8, 4) is 5.75 Å². The van der Waals surface area contributed by atoms with E-state index < -0.39 is 29.1 Å². The number of carbonyl (C=O) groups excluding carboxylic acids is 2. The normalized spacial score (nSPS) is 18.5. The third-order valence-corrected chi connectivity index (χ3v) is 8.64. The van der Waals surface area contributed by atoms with Gasteiger partial charge in [-0.1, -0.05) is 0 Å². The molecule has 0 saturated carbocycles. The maximum absolute atomic E-state index is 14.1. The summed E-state index contributed by atoms with van der Waals surface area (Å²) >= 11 is 0. The van der Waals surface area contributed by atoms with Crippen LogP contribution in [0.1, 0.15) is 53.6 Å². The van der Waals surface area contributed by atoms with Gasteiger partial charge in [0.15, 0.2) is 0 Å². The Morgan fingerprint density at radius 1 is 0.976 bits per heavy atom. The molecule has 2 fully saturated rings. The molecule has 1 unspecified atom stereocenters. The lowest BCUT2D eigenvalue weighted by atomic mass is 9.82. The molecule has 0 radical (unpaired) electrons. The van der Waals surface area contributed by atoms with Crippen LogP contribution in [0.25, 0.3) is 0 Å². The molecule has 42 heavy (non-hydrogen) atoms. The van der Waals surface area contributed by atoms with E-state index in [0.717, 1.165) is 67.7 Å². The molecule has 0 spiro atoms. The number of aliphatic hydroxyl groups is 1. The van der Waals surface area contributed by atoms with Crippen molar-refractivity contribution in [1.29, 1.82) is 0 Å². The summed E-state index contributed by atoms with van der Waals surface area (Å²) in [5.74, 6) is -2.06. The van der Waals surface area contributed by atoms with Crippen LogP contribution in [0.2, 0.25) is 0 Å². The number of hydrogen-bond acceptors (Lipinski definition) is 5. The third-order valence-electron chi connectivity index (χ3n) is 8.64. The Hall–Kier alpha value is -3.34. The number of hydrogen-bond donors (Lipinski definition) is 1. The second kappa shape index (κ2) is 12.5. The maximum atomic E-state index is 14.1. The minimum absolute atomic E-state index is 0.0252. The zero-order valence-corrected chi connectivity index (χ0v) is 24.5. The van der Waals surface area contributed by atoms with Crippen LogP contribution in [0, 0.1) is 24.6 Å². The lowest BCUT2D eigenvalue weighted by Gasteiger charge is -2.40. The van der Waals surface area contributed by atoms with Crippen molar-refractivity contribution in [3.05, 3.63) is 58.9 Å². The number of carbonyl (C=O) groups is 2. The Kier molecular flexibility index (Phi) is 9.39. The van der Waals surface area contributed by atoms with E-state index in [9.17, 15) is 32.3 Å². The summed E-state index contributed by atoms with van der Waals surface area (Å²) in [6, 6.07) is 8.15. The molecule has 2 aliphatic rings. The lowest BCUT2D eigenvalue weighted by Crippen LogP contribution is -2.57. The number of piperidine rings is 2. The number of nitrogens with zero attached hydrogens (tertiary/aromatic N) is 3. The van der Waals surface area contributed by atoms with Crippen molar-refractivity contribution in [2.24, 2.45) is 11.8 Å². The predicted octanol–water partition coefficient (Wildman–Crippen LogP) is 5.14. The van der Waals surface area contributed by atoms with E-state index in [1.807, 2.05) is 25.1 Å². The fraction of sp³-hybridized carbons (Fsp3) is 0.548. The molecular formula is C31H39F4N3O4. The number of likely N-dealkylation sites (tertiary alicyclic amines) is 1. The van der Waals surface area contributed by atoms with Crippen LogP contribution in [-0.4, -0.2) is 80.3 Å². The van der Waals surface area contributed by atoms with Gasteiger partial charge >= 0.3 is 6.18 Å². The van der Waals surface area contributed by atoms with E-state index in [-0.39, 0.29) is 30.7 Å². The number of alkyl halides is 3. The van der Waals surface area contributed by atoms with Gasteiger partial charge in [-0.25, -0.2) is 4.39 Å². The van der Waals surface area contributed by atoms with Gasteiger partial charge in [0.1, 0.15) is 11.6 Å². The average molecular weight is 594 g/mol. The highest BCUT2D eigenvalue weighted by Gasteiger charge is 2.62. The average Bonchev–Trinajstić information content (AvgIpc) is 2.95. The summed E-state index contributed by atoms with van der Waals surface area (Å²) in [6.45, 7) is 3.86. The van der Waals surface area contributed by atoms with Crippen LogP contribution >= 0.6 is 0 Å². The molecule has 11 heteroatoms. The molecule has 0 bridgehead atoms. The Morgan fingerprint density at radius 2 is 1.57 bits per heavy atom. The number of ether oxygens (including phenoxy) is 1. The monoisotopic (exact) mass is 593 g/mol. The zero-order valence-electron chi connectivity index (χ0n) is 24.5. The van der Waals surface area contributed by atoms with Gasteiger partial charge in [-0.2, -0.15) is 13.2 Å². The summed E-state index contributed by atoms with van der Waals surface area (Å²) in [5.41, 5.74) is -2.07. The first-order chi connectivity index (χ1) is 19.7. The van der Waals surface area contributed by atoms with Crippen molar-refractivity contribution < 1.29 is 37.0 Å². The Balaban J connectivity index is 1.33. The fourth-order valence-electron chi connectivity index (χ4n) is 6.12. The maximum Gasteiger partial charge on any atom is 0.430 e. The minimum atomic E-state index is -5.35. The van der Waals surface area contributed by atoms with Gasteiger partial charge in [0.2, 0.25) is 0 Å². The van der Waals surface area contributed by atoms with Crippen LogP contribution < -0.4 is 9.64 Å². The first-order valence-electron chi connectivity index (χ1n) is 14.2. The van der Waals surface area contributed by atoms with Crippen LogP contribution in [0.15, 0.2) is 36.4 Å². The molecular weight excluding hydrogens is 554 g/mol. The second-order valence-corrected chi connectivity index (χ2v) is 11.7. The summed E-state index contributed by atoms with van der Waals surface area (Å²) in [4.78, 5) is 30.4. The standard InChI is InChI=1S/C31H39F4N3O4/c1-20-15-25(5-6-27(20)28(39)36(2)3)37-11-7-21(8-12-37)16-22-9-13-38(14-10-22)29(40)30(41,31(33,34)35)23-17-24(32)19-26(18-23)42-4/h5-6,15,17-19,21-22,41H,7-14,16H2,1-4H3. The number of rotatable bonds is 7. The summed E-state index contributed by atoms with van der Waals surface area (Å²) in [7, 11) is 4.62. The summed E-state index contributed by atoms with van der Waals surface area (Å²) in [6.07, 6.45) is -1.40. The van der Waals surface area contributed by atoms with Crippen LogP contribution in [0.3, 0.4) is 0 Å². The van der Waals surface area contributed by atoms with E-state index in [1.165, 1.54) is 0 Å². The van der Waals surface area contributed by atoms with Crippen LogP contribution in [0.5, 0.6) is 5.75 Å². The third kappa shape index (κ3) is 6.50. The van der Waals surface area contributed by atoms with Crippen molar-refractivity contribution >= 4 is 17.5 Å². The van der Waals surface area contributed by atoms with E-state index >= 15 is 0 Å². The van der Waals surface area contributed by atoms with Gasteiger partial charge in [0, 0.05) is 63.2 Å². The molecule has 1 N–H and O–H groups in total. The van der Waals surface area contributed by atoms with Gasteiger partial charge in [-0.3, -0.25) is 9.59 Å². The van der Waals surface area contributed by atoms with Crippen molar-refractivity contribution in [1.82, 2.24) is 9.80 Å². The van der Waals surface area contributed by atoms with Gasteiger partial charge in [-0.15, -0.1) is 0 Å². The number of anilines is 1. The lowest BCUT2D eigenvalue weighted by molar-refractivity contribution is -0.262. The SMILES string of the molecule is COc1cc(F)cc(C(O)(C(=O)N2CCC(CC3CCN(c4ccc(C(=O)N(C)C)c(C)c4)CC3)CC2)C(F)(F)F)c1. The van der Waals surface area contributed by atoms with Crippen molar-refractivity contribution in [2.75, 3.05) is 52.3 Å². The molecule has 0 aromatic heterocycles. The topological polar surface area (TPSA) is 73.3 Å². The van der Waals surface area contributed by atoms with E-state index in [0.29, 0.717) is 30.4 Å². The van der Waals surface area contributed by atoms with Crippen LogP contribution in [0.4, 0.5) is 23.2 Å². The minimum Gasteiger partial charge on any atom is -0.497 e. The molecule has 2 saturated heterocycles. The number of amides is 2. The molecule has 230 valence electrons. The number of aryl methyl sites for hydroxylation is 1. The molecule has 2 heterocycles. The Labute approximate surface area is 244 Å². The first kappa shape index (κ1) is 31.6. The highest BCUT2D eigenvalue weighted by molar-refractivity contribution is 5.95. The fourth-order valence-corrected chi connectivity index (χ4v) is 6.12. The van der Waals surface area contributed by atoms with Crippen LogP contribution in [-0.2, 0) is 10.4 Å². The number of methoxy groups -OCH3 is 1. The van der Waals surface area contributed by atoms with E-state index in [2.05, 4.69) is 4.90 Å². The Bertz CT molecular complexity index is 1290. The van der Waals surface area contributed by atoms with Gasteiger partial charge in [0.25, 0.3) is 17.4 Å². The zero-order chi connectivity index (χ0) is 30.8. The first-order valence-corrected chi connectivity index (χ1v) is 14.2. The van der Waals surface area contributed by atoms with E-state index in [4.69, 9.17) is 4.74 Å². The molecule has 2 amide bonds. The quantitative estimate of drug-likeness (QED) is 0.451. The Morgan fingerprint density at radius 3 is 2.10 bits per heavy atom.